The van der Waals surface area contributed by atoms with E-state index in [2.05, 4.69) is 39.8 Å². The highest BCUT2D eigenvalue weighted by Crippen LogP contribution is 2.23. The van der Waals surface area contributed by atoms with Crippen LogP contribution in [0.3, 0.4) is 0 Å². The number of hydrogen-bond acceptors (Lipinski definition) is 1. The fraction of sp³-hybridized carbons (Fsp3) is 0.462. The summed E-state index contributed by atoms with van der Waals surface area (Å²) in [6.07, 6.45) is 0. The molecule has 14 heavy (non-hydrogen) atoms. The van der Waals surface area contributed by atoms with Crippen molar-refractivity contribution in [2.24, 2.45) is 0 Å². The average Bonchev–Trinajstić information content (AvgIpc) is 2.16. The first-order chi connectivity index (χ1) is 6.52. The van der Waals surface area contributed by atoms with E-state index in [1.54, 1.807) is 0 Å². The van der Waals surface area contributed by atoms with Crippen molar-refractivity contribution in [3.8, 4) is 0 Å². The smallest absolute Gasteiger partial charge is 0.0724 e. The van der Waals surface area contributed by atoms with Crippen LogP contribution in [0.4, 0.5) is 0 Å². The van der Waals surface area contributed by atoms with E-state index in [1.807, 2.05) is 18.2 Å². The zero-order valence-electron chi connectivity index (χ0n) is 9.50. The summed E-state index contributed by atoms with van der Waals surface area (Å²) in [5.74, 6) is 1.30. The number of hydrogen-bond donors (Lipinski definition) is 0. The maximum absolute atomic E-state index is 5.84. The Labute approximate surface area is 87.1 Å². The second kappa shape index (κ2) is 4.61. The van der Waals surface area contributed by atoms with Gasteiger partial charge >= 0.3 is 0 Å². The highest BCUT2D eigenvalue weighted by Gasteiger charge is 2.23. The van der Waals surface area contributed by atoms with Crippen LogP contribution in [0.5, 0.6) is 0 Å². The zero-order valence-corrected chi connectivity index (χ0v) is 9.50. The predicted molar refractivity (Wildman–Crippen MR) is 59.9 cm³/mol. The fourth-order valence-corrected chi connectivity index (χ4v) is 0.982. The lowest BCUT2D eigenvalue weighted by molar-refractivity contribution is -0.0169. The third-order valence-corrected chi connectivity index (χ3v) is 2.65. The molecule has 1 heteroatoms. The van der Waals surface area contributed by atoms with Gasteiger partial charge in [-0.2, -0.15) is 0 Å². The molecule has 0 fully saturated rings. The van der Waals surface area contributed by atoms with E-state index in [1.165, 1.54) is 11.5 Å². The zero-order chi connectivity index (χ0) is 10.6. The van der Waals surface area contributed by atoms with Crippen LogP contribution < -0.4 is 0 Å². The molecular formula is C13H19O. The molecule has 0 amide bonds. The molecule has 1 rings (SSSR count). The Kier molecular flexibility index (Phi) is 3.70. The summed E-state index contributed by atoms with van der Waals surface area (Å²) in [6, 6.07) is 10.3. The molecule has 0 saturated carbocycles. The van der Waals surface area contributed by atoms with E-state index >= 15 is 0 Å². The molecular weight excluding hydrogens is 172 g/mol. The quantitative estimate of drug-likeness (QED) is 0.706. The van der Waals surface area contributed by atoms with E-state index in [0.717, 1.165) is 0 Å². The van der Waals surface area contributed by atoms with Gasteiger partial charge in [-0.1, -0.05) is 44.2 Å². The maximum Gasteiger partial charge on any atom is 0.0724 e. The second-order valence-corrected chi connectivity index (χ2v) is 4.28. The standard InChI is InChI=1S/C13H19O/c1-11(2)13(3,4)14-10-12-8-6-5-7-9-12/h5-9H,10H2,1-4H3. The average molecular weight is 191 g/mol. The van der Waals surface area contributed by atoms with Gasteiger partial charge < -0.3 is 4.74 Å². The SMILES string of the molecule is C[C](C)C(C)(C)OCc1ccccc1. The van der Waals surface area contributed by atoms with Gasteiger partial charge in [-0.15, -0.1) is 0 Å². The third kappa shape index (κ3) is 3.15. The molecule has 0 saturated heterocycles. The van der Waals surface area contributed by atoms with Crippen molar-refractivity contribution < 1.29 is 4.74 Å². The van der Waals surface area contributed by atoms with Crippen LogP contribution in [0.2, 0.25) is 0 Å². The minimum atomic E-state index is -0.129. The van der Waals surface area contributed by atoms with E-state index in [0.29, 0.717) is 6.61 Å². The Morgan fingerprint density at radius 1 is 1.14 bits per heavy atom. The van der Waals surface area contributed by atoms with Crippen LogP contribution in [-0.4, -0.2) is 5.60 Å². The lowest BCUT2D eigenvalue weighted by Gasteiger charge is -2.29. The molecule has 1 aromatic rings. The topological polar surface area (TPSA) is 9.23 Å². The van der Waals surface area contributed by atoms with Gasteiger partial charge in [0.25, 0.3) is 0 Å². The van der Waals surface area contributed by atoms with Gasteiger partial charge in [0.1, 0.15) is 0 Å². The van der Waals surface area contributed by atoms with Gasteiger partial charge in [0.05, 0.1) is 12.2 Å². The summed E-state index contributed by atoms with van der Waals surface area (Å²) in [5.41, 5.74) is 1.09. The molecule has 1 radical (unpaired) electrons. The van der Waals surface area contributed by atoms with Crippen LogP contribution in [0.1, 0.15) is 33.3 Å². The van der Waals surface area contributed by atoms with Crippen LogP contribution in [0.15, 0.2) is 30.3 Å². The van der Waals surface area contributed by atoms with Crippen molar-refractivity contribution in [3.05, 3.63) is 41.8 Å². The highest BCUT2D eigenvalue weighted by molar-refractivity contribution is 5.13. The third-order valence-electron chi connectivity index (χ3n) is 2.65. The Morgan fingerprint density at radius 2 is 1.71 bits per heavy atom. The lowest BCUT2D eigenvalue weighted by Crippen LogP contribution is -2.29. The second-order valence-electron chi connectivity index (χ2n) is 4.28. The number of ether oxygens (including phenoxy) is 1. The van der Waals surface area contributed by atoms with Gasteiger partial charge in [-0.05, 0) is 19.4 Å². The molecule has 0 heterocycles. The van der Waals surface area contributed by atoms with Crippen molar-refractivity contribution >= 4 is 0 Å². The van der Waals surface area contributed by atoms with E-state index < -0.39 is 0 Å². The molecule has 0 unspecified atom stereocenters. The molecule has 0 aliphatic carbocycles. The minimum Gasteiger partial charge on any atom is -0.370 e. The van der Waals surface area contributed by atoms with Gasteiger partial charge in [0.15, 0.2) is 0 Å². The largest absolute Gasteiger partial charge is 0.370 e. The monoisotopic (exact) mass is 191 g/mol. The molecule has 0 aliphatic rings. The molecule has 0 atom stereocenters. The van der Waals surface area contributed by atoms with E-state index in [4.69, 9.17) is 4.74 Å². The molecule has 0 aromatic heterocycles. The first-order valence-electron chi connectivity index (χ1n) is 5.01. The molecule has 1 nitrogen and oxygen atoms in total. The van der Waals surface area contributed by atoms with Gasteiger partial charge in [-0.25, -0.2) is 0 Å². The Bertz CT molecular complexity index is 262. The molecule has 0 bridgehead atoms. The van der Waals surface area contributed by atoms with Crippen LogP contribution in [-0.2, 0) is 11.3 Å². The van der Waals surface area contributed by atoms with Gasteiger partial charge in [0, 0.05) is 5.92 Å². The van der Waals surface area contributed by atoms with Crippen molar-refractivity contribution in [2.45, 2.75) is 39.9 Å². The maximum atomic E-state index is 5.84. The summed E-state index contributed by atoms with van der Waals surface area (Å²) in [7, 11) is 0. The van der Waals surface area contributed by atoms with Crippen molar-refractivity contribution in [1.29, 1.82) is 0 Å². The van der Waals surface area contributed by atoms with Crippen molar-refractivity contribution in [2.75, 3.05) is 0 Å². The summed E-state index contributed by atoms with van der Waals surface area (Å²) in [6.45, 7) is 9.09. The van der Waals surface area contributed by atoms with Crippen LogP contribution in [0.25, 0.3) is 0 Å². The molecule has 0 spiro atoms. The summed E-state index contributed by atoms with van der Waals surface area (Å²) >= 11 is 0. The van der Waals surface area contributed by atoms with Gasteiger partial charge in [0.2, 0.25) is 0 Å². The fourth-order valence-electron chi connectivity index (χ4n) is 0.982. The Morgan fingerprint density at radius 3 is 2.21 bits per heavy atom. The van der Waals surface area contributed by atoms with Crippen LogP contribution >= 0.6 is 0 Å². The van der Waals surface area contributed by atoms with E-state index in [9.17, 15) is 0 Å². The normalized spacial score (nSPS) is 12.1. The molecule has 0 aliphatic heterocycles. The Balaban J connectivity index is 2.49. The van der Waals surface area contributed by atoms with Crippen molar-refractivity contribution in [1.82, 2.24) is 0 Å². The molecule has 0 N–H and O–H groups in total. The minimum absolute atomic E-state index is 0.129. The summed E-state index contributed by atoms with van der Waals surface area (Å²) < 4.78 is 5.84. The number of benzene rings is 1. The first kappa shape index (κ1) is 11.3. The molecule has 1 aromatic carbocycles. The van der Waals surface area contributed by atoms with Crippen molar-refractivity contribution in [3.63, 3.8) is 0 Å². The molecule has 77 valence electrons. The summed E-state index contributed by atoms with van der Waals surface area (Å²) in [5, 5.41) is 0. The van der Waals surface area contributed by atoms with E-state index in [-0.39, 0.29) is 5.60 Å². The Hall–Kier alpha value is -0.820. The number of rotatable bonds is 4. The lowest BCUT2D eigenvalue weighted by atomic mass is 9.95. The predicted octanol–water partition coefficient (Wildman–Crippen LogP) is 3.60. The highest BCUT2D eigenvalue weighted by atomic mass is 16.5. The van der Waals surface area contributed by atoms with Gasteiger partial charge in [-0.3, -0.25) is 0 Å². The first-order valence-corrected chi connectivity index (χ1v) is 5.01. The van der Waals surface area contributed by atoms with Crippen LogP contribution in [0, 0.1) is 5.92 Å². The summed E-state index contributed by atoms with van der Waals surface area (Å²) in [4.78, 5) is 0.